The van der Waals surface area contributed by atoms with Gasteiger partial charge in [0, 0.05) is 19.2 Å². The van der Waals surface area contributed by atoms with Crippen LogP contribution in [-0.4, -0.2) is 39.4 Å². The van der Waals surface area contributed by atoms with Crippen LogP contribution in [0.25, 0.3) is 6.08 Å². The number of hydrogen-bond acceptors (Lipinski definition) is 4. The Morgan fingerprint density at radius 2 is 2.05 bits per heavy atom. The highest BCUT2D eigenvalue weighted by Crippen LogP contribution is 2.29. The highest BCUT2D eigenvalue weighted by Gasteiger charge is 2.10. The number of methoxy groups -OCH3 is 2. The second kappa shape index (κ2) is 8.99. The number of rotatable bonds is 8. The molecule has 1 atom stereocenters. The van der Waals surface area contributed by atoms with Gasteiger partial charge in [0.2, 0.25) is 5.91 Å². The van der Waals surface area contributed by atoms with E-state index in [-0.39, 0.29) is 23.4 Å². The molecule has 1 aromatic carbocycles. The normalized spacial score (nSPS) is 12.5. The molecule has 0 saturated heterocycles. The van der Waals surface area contributed by atoms with E-state index >= 15 is 0 Å². The molecule has 7 heteroatoms. The monoisotopic (exact) mass is 315 g/mol. The molecule has 1 amide bonds. The Morgan fingerprint density at radius 3 is 2.64 bits per heavy atom. The minimum absolute atomic E-state index is 0.0622. The van der Waals surface area contributed by atoms with Gasteiger partial charge in [-0.05, 0) is 30.7 Å². The summed E-state index contributed by atoms with van der Waals surface area (Å²) in [6.45, 7) is -0.703. The third-order valence-corrected chi connectivity index (χ3v) is 2.64. The number of benzene rings is 1. The molecule has 22 heavy (non-hydrogen) atoms. The molecule has 0 spiro atoms. The number of nitrogens with one attached hydrogen (secondary N) is 1. The molecule has 1 aromatic rings. The fourth-order valence-corrected chi connectivity index (χ4v) is 1.74. The first kappa shape index (κ1) is 17.9. The van der Waals surface area contributed by atoms with E-state index in [1.54, 1.807) is 19.3 Å². The van der Waals surface area contributed by atoms with Gasteiger partial charge in [0.15, 0.2) is 11.5 Å². The SMILES string of the molecule is COCC(C)NC(=O)C=Cc1ccc(OC(F)F)c(OC)c1. The Morgan fingerprint density at radius 1 is 1.32 bits per heavy atom. The molecule has 0 bridgehead atoms. The second-order valence-corrected chi connectivity index (χ2v) is 4.49. The largest absolute Gasteiger partial charge is 0.493 e. The molecular formula is C15H19F2NO4. The maximum Gasteiger partial charge on any atom is 0.387 e. The zero-order valence-electron chi connectivity index (χ0n) is 12.6. The summed E-state index contributed by atoms with van der Waals surface area (Å²) >= 11 is 0. The summed E-state index contributed by atoms with van der Waals surface area (Å²) in [4.78, 5) is 11.7. The lowest BCUT2D eigenvalue weighted by Gasteiger charge is -2.11. The van der Waals surface area contributed by atoms with Crippen LogP contribution < -0.4 is 14.8 Å². The summed E-state index contributed by atoms with van der Waals surface area (Å²) in [7, 11) is 2.90. The van der Waals surface area contributed by atoms with Gasteiger partial charge in [0.05, 0.1) is 13.7 Å². The lowest BCUT2D eigenvalue weighted by Crippen LogP contribution is -2.34. The van der Waals surface area contributed by atoms with Gasteiger partial charge in [-0.2, -0.15) is 8.78 Å². The molecule has 0 aliphatic rings. The number of hydrogen-bond donors (Lipinski definition) is 1. The van der Waals surface area contributed by atoms with E-state index in [1.165, 1.54) is 25.3 Å². The van der Waals surface area contributed by atoms with Crippen molar-refractivity contribution in [3.8, 4) is 11.5 Å². The van der Waals surface area contributed by atoms with Crippen molar-refractivity contribution in [3.05, 3.63) is 29.8 Å². The van der Waals surface area contributed by atoms with Gasteiger partial charge in [-0.1, -0.05) is 6.07 Å². The van der Waals surface area contributed by atoms with E-state index in [1.807, 2.05) is 6.92 Å². The first-order valence-corrected chi connectivity index (χ1v) is 6.56. The maximum absolute atomic E-state index is 12.2. The van der Waals surface area contributed by atoms with E-state index in [0.717, 1.165) is 0 Å². The number of alkyl halides is 2. The summed E-state index contributed by atoms with van der Waals surface area (Å²) in [6.07, 6.45) is 2.89. The molecule has 0 fully saturated rings. The number of halogens is 2. The van der Waals surface area contributed by atoms with Gasteiger partial charge in [-0.3, -0.25) is 4.79 Å². The third-order valence-electron chi connectivity index (χ3n) is 2.64. The van der Waals surface area contributed by atoms with Crippen LogP contribution in [0.3, 0.4) is 0 Å². The van der Waals surface area contributed by atoms with Crippen molar-refractivity contribution in [1.29, 1.82) is 0 Å². The fraction of sp³-hybridized carbons (Fsp3) is 0.400. The zero-order valence-corrected chi connectivity index (χ0v) is 12.6. The maximum atomic E-state index is 12.2. The van der Waals surface area contributed by atoms with Crippen LogP contribution >= 0.6 is 0 Å². The molecule has 1 N–H and O–H groups in total. The molecule has 0 aromatic heterocycles. The minimum atomic E-state index is -2.93. The molecule has 0 aliphatic carbocycles. The lowest BCUT2D eigenvalue weighted by molar-refractivity contribution is -0.117. The van der Waals surface area contributed by atoms with E-state index in [4.69, 9.17) is 9.47 Å². The van der Waals surface area contributed by atoms with Crippen LogP contribution in [0.2, 0.25) is 0 Å². The topological polar surface area (TPSA) is 56.8 Å². The predicted molar refractivity (Wildman–Crippen MR) is 78.1 cm³/mol. The third kappa shape index (κ3) is 6.09. The van der Waals surface area contributed by atoms with Gasteiger partial charge in [0.1, 0.15) is 0 Å². The predicted octanol–water partition coefficient (Wildman–Crippen LogP) is 2.46. The summed E-state index contributed by atoms with van der Waals surface area (Å²) in [6, 6.07) is 4.29. The van der Waals surface area contributed by atoms with Crippen molar-refractivity contribution < 1.29 is 27.8 Å². The Labute approximate surface area is 127 Å². The van der Waals surface area contributed by atoms with E-state index in [9.17, 15) is 13.6 Å². The fourth-order valence-electron chi connectivity index (χ4n) is 1.74. The Balaban J connectivity index is 2.73. The first-order valence-electron chi connectivity index (χ1n) is 6.56. The summed E-state index contributed by atoms with van der Waals surface area (Å²) in [5.41, 5.74) is 0.619. The molecule has 0 radical (unpaired) electrons. The average molecular weight is 315 g/mol. The second-order valence-electron chi connectivity index (χ2n) is 4.49. The molecule has 0 saturated carbocycles. The number of carbonyl (C=O) groups is 1. The Bertz CT molecular complexity index is 520. The van der Waals surface area contributed by atoms with Crippen LogP contribution in [0.5, 0.6) is 11.5 Å². The summed E-state index contributed by atoms with van der Waals surface area (Å²) in [5, 5.41) is 2.71. The minimum Gasteiger partial charge on any atom is -0.493 e. The van der Waals surface area contributed by atoms with Crippen molar-refractivity contribution in [3.63, 3.8) is 0 Å². The van der Waals surface area contributed by atoms with Gasteiger partial charge in [-0.25, -0.2) is 0 Å². The van der Waals surface area contributed by atoms with Crippen LogP contribution in [0.15, 0.2) is 24.3 Å². The lowest BCUT2D eigenvalue weighted by atomic mass is 10.2. The van der Waals surface area contributed by atoms with Gasteiger partial charge >= 0.3 is 6.61 Å². The molecule has 122 valence electrons. The number of amides is 1. The van der Waals surface area contributed by atoms with Crippen LogP contribution in [0.1, 0.15) is 12.5 Å². The summed E-state index contributed by atoms with van der Waals surface area (Å²) in [5.74, 6) is -0.181. The summed E-state index contributed by atoms with van der Waals surface area (Å²) < 4.78 is 38.7. The van der Waals surface area contributed by atoms with Crippen molar-refractivity contribution in [2.24, 2.45) is 0 Å². The smallest absolute Gasteiger partial charge is 0.387 e. The standard InChI is InChI=1S/C15H19F2NO4/c1-10(9-20-2)18-14(19)7-5-11-4-6-12(22-15(16)17)13(8-11)21-3/h4-8,10,15H,9H2,1-3H3,(H,18,19). The molecule has 0 heterocycles. The van der Waals surface area contributed by atoms with E-state index < -0.39 is 6.61 Å². The van der Waals surface area contributed by atoms with E-state index in [2.05, 4.69) is 10.1 Å². The molecule has 1 unspecified atom stereocenters. The van der Waals surface area contributed by atoms with Gasteiger partial charge in [-0.15, -0.1) is 0 Å². The molecule has 0 aliphatic heterocycles. The van der Waals surface area contributed by atoms with Crippen molar-refractivity contribution >= 4 is 12.0 Å². The zero-order chi connectivity index (χ0) is 16.5. The quantitative estimate of drug-likeness (QED) is 0.749. The van der Waals surface area contributed by atoms with Crippen molar-refractivity contribution in [1.82, 2.24) is 5.32 Å². The molecule has 1 rings (SSSR count). The Kier molecular flexibility index (Phi) is 7.31. The molecule has 5 nitrogen and oxygen atoms in total. The highest BCUT2D eigenvalue weighted by atomic mass is 19.3. The van der Waals surface area contributed by atoms with Gasteiger partial charge < -0.3 is 19.5 Å². The van der Waals surface area contributed by atoms with E-state index in [0.29, 0.717) is 12.2 Å². The van der Waals surface area contributed by atoms with Crippen LogP contribution in [-0.2, 0) is 9.53 Å². The number of ether oxygens (including phenoxy) is 3. The Hall–Kier alpha value is -2.15. The highest BCUT2D eigenvalue weighted by molar-refractivity contribution is 5.92. The van der Waals surface area contributed by atoms with Crippen molar-refractivity contribution in [2.75, 3.05) is 20.8 Å². The van der Waals surface area contributed by atoms with Crippen LogP contribution in [0.4, 0.5) is 8.78 Å². The molecular weight excluding hydrogens is 296 g/mol. The number of carbonyl (C=O) groups excluding carboxylic acids is 1. The van der Waals surface area contributed by atoms with Crippen LogP contribution in [0, 0.1) is 0 Å². The van der Waals surface area contributed by atoms with Gasteiger partial charge in [0.25, 0.3) is 0 Å². The average Bonchev–Trinajstić information content (AvgIpc) is 2.45. The van der Waals surface area contributed by atoms with Crippen molar-refractivity contribution in [2.45, 2.75) is 19.6 Å². The first-order chi connectivity index (χ1) is 10.5.